The molecule has 0 aliphatic carbocycles. The highest BCUT2D eigenvalue weighted by Gasteiger charge is 2.17. The predicted molar refractivity (Wildman–Crippen MR) is 76.5 cm³/mol. The molecule has 108 valence electrons. The summed E-state index contributed by atoms with van der Waals surface area (Å²) in [5, 5.41) is 0. The first kappa shape index (κ1) is 13.4. The normalized spacial score (nSPS) is 11.7. The van der Waals surface area contributed by atoms with Crippen LogP contribution in [0.4, 0.5) is 5.69 Å². The number of benzene rings is 1. The third kappa shape index (κ3) is 2.40. The molecule has 0 atom stereocenters. The fourth-order valence-electron chi connectivity index (χ4n) is 1.92. The standard InChI is InChI=1S/C13H11N3O4S/c1-16-11-5-4-10(7-12(11)20-13(16)17)21(18,19)15-9-3-2-6-14-8-9/h2-8,15H,1H3. The number of nitrogens with zero attached hydrogens (tertiary/aromatic N) is 2. The van der Waals surface area contributed by atoms with Gasteiger partial charge in [0.05, 0.1) is 22.3 Å². The molecule has 2 heterocycles. The quantitative estimate of drug-likeness (QED) is 0.787. The fraction of sp³-hybridized carbons (Fsp3) is 0.0769. The van der Waals surface area contributed by atoms with Crippen molar-refractivity contribution in [2.75, 3.05) is 4.72 Å². The van der Waals surface area contributed by atoms with Gasteiger partial charge in [0, 0.05) is 19.3 Å². The summed E-state index contributed by atoms with van der Waals surface area (Å²) in [6.07, 6.45) is 2.95. The van der Waals surface area contributed by atoms with Crippen LogP contribution in [0.3, 0.4) is 0 Å². The maximum Gasteiger partial charge on any atom is 0.419 e. The van der Waals surface area contributed by atoms with Crippen molar-refractivity contribution in [2.24, 2.45) is 7.05 Å². The van der Waals surface area contributed by atoms with Gasteiger partial charge < -0.3 is 4.42 Å². The van der Waals surface area contributed by atoms with Gasteiger partial charge in [0.1, 0.15) is 0 Å². The topological polar surface area (TPSA) is 94.2 Å². The summed E-state index contributed by atoms with van der Waals surface area (Å²) in [5.41, 5.74) is 1.10. The van der Waals surface area contributed by atoms with Gasteiger partial charge in [-0.3, -0.25) is 14.3 Å². The second kappa shape index (κ2) is 4.74. The Morgan fingerprint density at radius 1 is 1.29 bits per heavy atom. The van der Waals surface area contributed by atoms with Crippen LogP contribution in [-0.2, 0) is 17.1 Å². The number of hydrogen-bond donors (Lipinski definition) is 1. The van der Waals surface area contributed by atoms with E-state index in [0.29, 0.717) is 11.2 Å². The molecule has 0 unspecified atom stereocenters. The summed E-state index contributed by atoms with van der Waals surface area (Å²) in [6.45, 7) is 0. The molecule has 1 aromatic carbocycles. The van der Waals surface area contributed by atoms with Crippen molar-refractivity contribution in [1.29, 1.82) is 0 Å². The molecule has 8 heteroatoms. The highest BCUT2D eigenvalue weighted by atomic mass is 32.2. The van der Waals surface area contributed by atoms with Crippen LogP contribution in [0.1, 0.15) is 0 Å². The number of pyridine rings is 1. The number of nitrogens with one attached hydrogen (secondary N) is 1. The van der Waals surface area contributed by atoms with Crippen LogP contribution in [0.5, 0.6) is 0 Å². The van der Waals surface area contributed by atoms with E-state index in [1.165, 1.54) is 29.0 Å². The first-order valence-corrected chi connectivity index (χ1v) is 7.48. The van der Waals surface area contributed by atoms with Crippen molar-refractivity contribution in [3.05, 3.63) is 53.3 Å². The van der Waals surface area contributed by atoms with Crippen LogP contribution in [0.25, 0.3) is 11.1 Å². The molecule has 0 spiro atoms. The van der Waals surface area contributed by atoms with E-state index in [2.05, 4.69) is 9.71 Å². The van der Waals surface area contributed by atoms with Crippen molar-refractivity contribution >= 4 is 26.8 Å². The molecule has 0 amide bonds. The molecule has 0 radical (unpaired) electrons. The fourth-order valence-corrected chi connectivity index (χ4v) is 2.98. The van der Waals surface area contributed by atoms with Gasteiger partial charge >= 0.3 is 5.76 Å². The lowest BCUT2D eigenvalue weighted by Gasteiger charge is -2.07. The Bertz CT molecular complexity index is 958. The van der Waals surface area contributed by atoms with Gasteiger partial charge in [0.2, 0.25) is 0 Å². The number of fused-ring (bicyclic) bond motifs is 1. The second-order valence-corrected chi connectivity index (χ2v) is 6.09. The van der Waals surface area contributed by atoms with Gasteiger partial charge in [-0.25, -0.2) is 13.2 Å². The van der Waals surface area contributed by atoms with Crippen LogP contribution < -0.4 is 10.5 Å². The molecule has 1 N–H and O–H groups in total. The van der Waals surface area contributed by atoms with E-state index >= 15 is 0 Å². The van der Waals surface area contributed by atoms with Gasteiger partial charge in [-0.2, -0.15) is 0 Å². The van der Waals surface area contributed by atoms with Gasteiger partial charge in [-0.1, -0.05) is 0 Å². The smallest absolute Gasteiger partial charge is 0.408 e. The molecule has 7 nitrogen and oxygen atoms in total. The monoisotopic (exact) mass is 305 g/mol. The summed E-state index contributed by atoms with van der Waals surface area (Å²) in [6, 6.07) is 7.46. The van der Waals surface area contributed by atoms with E-state index in [1.807, 2.05) is 0 Å². The van der Waals surface area contributed by atoms with Crippen LogP contribution in [0.2, 0.25) is 0 Å². The Morgan fingerprint density at radius 3 is 2.81 bits per heavy atom. The third-order valence-electron chi connectivity index (χ3n) is 2.99. The third-order valence-corrected chi connectivity index (χ3v) is 4.37. The molecule has 0 fully saturated rings. The number of aryl methyl sites for hydroxylation is 1. The number of aromatic nitrogens is 2. The van der Waals surface area contributed by atoms with E-state index in [4.69, 9.17) is 4.42 Å². The van der Waals surface area contributed by atoms with Gasteiger partial charge in [-0.15, -0.1) is 0 Å². The lowest BCUT2D eigenvalue weighted by atomic mass is 10.3. The SMILES string of the molecule is Cn1c(=O)oc2cc(S(=O)(=O)Nc3cccnc3)ccc21. The van der Waals surface area contributed by atoms with E-state index < -0.39 is 15.8 Å². The summed E-state index contributed by atoms with van der Waals surface area (Å²) < 4.78 is 33.2. The minimum absolute atomic E-state index is 0.00760. The number of oxazole rings is 1. The lowest BCUT2D eigenvalue weighted by molar-refractivity contribution is 0.527. The maximum atomic E-state index is 12.3. The molecule has 3 aromatic rings. The highest BCUT2D eigenvalue weighted by molar-refractivity contribution is 7.92. The van der Waals surface area contributed by atoms with Crippen molar-refractivity contribution in [1.82, 2.24) is 9.55 Å². The van der Waals surface area contributed by atoms with E-state index in [-0.39, 0.29) is 10.5 Å². The Hall–Kier alpha value is -2.61. The van der Waals surface area contributed by atoms with Crippen molar-refractivity contribution in [3.63, 3.8) is 0 Å². The number of sulfonamides is 1. The lowest BCUT2D eigenvalue weighted by Crippen LogP contribution is -2.13. The van der Waals surface area contributed by atoms with Crippen LogP contribution >= 0.6 is 0 Å². The zero-order chi connectivity index (χ0) is 15.0. The molecule has 0 saturated carbocycles. The Kier molecular flexibility index (Phi) is 3.02. The molecule has 21 heavy (non-hydrogen) atoms. The van der Waals surface area contributed by atoms with Gasteiger partial charge in [0.15, 0.2) is 5.58 Å². The zero-order valence-electron chi connectivity index (χ0n) is 11.0. The van der Waals surface area contributed by atoms with Gasteiger partial charge in [0.25, 0.3) is 10.0 Å². The molecule has 0 aliphatic heterocycles. The van der Waals surface area contributed by atoms with E-state index in [0.717, 1.165) is 0 Å². The number of hydrogen-bond acceptors (Lipinski definition) is 5. The van der Waals surface area contributed by atoms with Gasteiger partial charge in [-0.05, 0) is 24.3 Å². The first-order chi connectivity index (χ1) is 9.97. The molecule has 0 saturated heterocycles. The average Bonchev–Trinajstić information content (AvgIpc) is 2.74. The molecule has 2 aromatic heterocycles. The highest BCUT2D eigenvalue weighted by Crippen LogP contribution is 2.20. The van der Waals surface area contributed by atoms with Crippen molar-refractivity contribution in [3.8, 4) is 0 Å². The van der Waals surface area contributed by atoms with Crippen molar-refractivity contribution < 1.29 is 12.8 Å². The minimum Gasteiger partial charge on any atom is -0.408 e. The predicted octanol–water partition coefficient (Wildman–Crippen LogP) is 1.33. The zero-order valence-corrected chi connectivity index (χ0v) is 11.8. The molecule has 3 rings (SSSR count). The number of anilines is 1. The van der Waals surface area contributed by atoms with Crippen LogP contribution in [0, 0.1) is 0 Å². The Morgan fingerprint density at radius 2 is 2.10 bits per heavy atom. The minimum atomic E-state index is -3.77. The summed E-state index contributed by atoms with van der Waals surface area (Å²) in [4.78, 5) is 15.3. The maximum absolute atomic E-state index is 12.3. The van der Waals surface area contributed by atoms with E-state index in [1.54, 1.807) is 25.4 Å². The molecule has 0 aliphatic rings. The first-order valence-electron chi connectivity index (χ1n) is 6.00. The Balaban J connectivity index is 2.05. The molecular formula is C13H11N3O4S. The summed E-state index contributed by atoms with van der Waals surface area (Å²) in [5.74, 6) is -0.542. The molecular weight excluding hydrogens is 294 g/mol. The summed E-state index contributed by atoms with van der Waals surface area (Å²) >= 11 is 0. The molecule has 0 bridgehead atoms. The summed E-state index contributed by atoms with van der Waals surface area (Å²) in [7, 11) is -2.22. The Labute approximate surface area is 119 Å². The number of rotatable bonds is 3. The van der Waals surface area contributed by atoms with Crippen LogP contribution in [-0.4, -0.2) is 18.0 Å². The largest absolute Gasteiger partial charge is 0.419 e. The second-order valence-electron chi connectivity index (χ2n) is 4.40. The van der Waals surface area contributed by atoms with Crippen molar-refractivity contribution in [2.45, 2.75) is 4.90 Å². The van der Waals surface area contributed by atoms with Crippen LogP contribution in [0.15, 0.2) is 56.8 Å². The van der Waals surface area contributed by atoms with E-state index in [9.17, 15) is 13.2 Å². The average molecular weight is 305 g/mol.